The summed E-state index contributed by atoms with van der Waals surface area (Å²) in [5.41, 5.74) is -0.353. The number of aromatic nitrogens is 2. The van der Waals surface area contributed by atoms with E-state index in [0.717, 1.165) is 4.68 Å². The molecule has 1 N–H and O–H groups in total. The van der Waals surface area contributed by atoms with E-state index < -0.39 is 17.9 Å². The monoisotopic (exact) mass is 289 g/mol. The highest BCUT2D eigenvalue weighted by Crippen LogP contribution is 2.06. The third-order valence-electron chi connectivity index (χ3n) is 2.99. The Morgan fingerprint density at radius 2 is 2.10 bits per heavy atom. The van der Waals surface area contributed by atoms with Crippen molar-refractivity contribution in [1.29, 1.82) is 0 Å². The van der Waals surface area contributed by atoms with Gasteiger partial charge in [-0.05, 0) is 13.0 Å². The lowest BCUT2D eigenvalue weighted by Gasteiger charge is -2.12. The van der Waals surface area contributed by atoms with Crippen molar-refractivity contribution in [2.24, 2.45) is 0 Å². The van der Waals surface area contributed by atoms with Gasteiger partial charge in [-0.1, -0.05) is 18.2 Å². The maximum Gasteiger partial charge on any atom is 0.328 e. The molecule has 110 valence electrons. The second-order valence-electron chi connectivity index (χ2n) is 4.51. The van der Waals surface area contributed by atoms with E-state index in [1.807, 2.05) is 0 Å². The van der Waals surface area contributed by atoms with Gasteiger partial charge in [0.15, 0.2) is 0 Å². The molecule has 1 unspecified atom stereocenters. The molecule has 0 spiro atoms. The maximum atomic E-state index is 12.2. The summed E-state index contributed by atoms with van der Waals surface area (Å²) in [6.07, 6.45) is 1.52. The number of carbonyl (C=O) groups excluding carboxylic acids is 2. The van der Waals surface area contributed by atoms with E-state index in [4.69, 9.17) is 0 Å². The Hall–Kier alpha value is -2.70. The van der Waals surface area contributed by atoms with Crippen LogP contribution in [0.15, 0.2) is 35.3 Å². The van der Waals surface area contributed by atoms with Gasteiger partial charge >= 0.3 is 5.97 Å². The van der Waals surface area contributed by atoms with Crippen molar-refractivity contribution in [3.63, 3.8) is 0 Å². The first kappa shape index (κ1) is 14.7. The third-order valence-corrected chi connectivity index (χ3v) is 2.99. The number of carbonyl (C=O) groups is 2. The number of benzene rings is 1. The van der Waals surface area contributed by atoms with E-state index in [0.29, 0.717) is 10.8 Å². The molecule has 1 heterocycles. The summed E-state index contributed by atoms with van der Waals surface area (Å²) in [6, 6.07) is 6.21. The lowest BCUT2D eigenvalue weighted by Crippen LogP contribution is -2.42. The summed E-state index contributed by atoms with van der Waals surface area (Å²) in [5, 5.41) is 7.58. The van der Waals surface area contributed by atoms with E-state index in [1.165, 1.54) is 20.2 Å². The minimum absolute atomic E-state index is 0.259. The van der Waals surface area contributed by atoms with Crippen LogP contribution in [-0.4, -0.2) is 34.8 Å². The minimum Gasteiger partial charge on any atom is -0.467 e. The molecule has 7 nitrogen and oxygen atoms in total. The van der Waals surface area contributed by atoms with Crippen LogP contribution >= 0.6 is 0 Å². The van der Waals surface area contributed by atoms with Crippen LogP contribution in [0.2, 0.25) is 0 Å². The molecule has 0 saturated heterocycles. The van der Waals surface area contributed by atoms with Crippen LogP contribution in [0, 0.1) is 0 Å². The van der Waals surface area contributed by atoms with Gasteiger partial charge in [0, 0.05) is 5.39 Å². The maximum absolute atomic E-state index is 12.2. The number of esters is 1. The number of methoxy groups -OCH3 is 1. The Balaban J connectivity index is 2.17. The van der Waals surface area contributed by atoms with Crippen LogP contribution in [0.25, 0.3) is 10.8 Å². The fourth-order valence-corrected chi connectivity index (χ4v) is 1.90. The van der Waals surface area contributed by atoms with Crippen molar-refractivity contribution in [2.75, 3.05) is 7.11 Å². The highest BCUT2D eigenvalue weighted by Gasteiger charge is 2.16. The van der Waals surface area contributed by atoms with Gasteiger partial charge in [0.05, 0.1) is 18.7 Å². The molecular formula is C14H15N3O4. The molecule has 1 aromatic heterocycles. The number of hydrogen-bond acceptors (Lipinski definition) is 5. The Morgan fingerprint density at radius 3 is 2.81 bits per heavy atom. The Morgan fingerprint density at radius 1 is 1.38 bits per heavy atom. The highest BCUT2D eigenvalue weighted by molar-refractivity contribution is 5.84. The van der Waals surface area contributed by atoms with Crippen LogP contribution in [0.4, 0.5) is 0 Å². The summed E-state index contributed by atoms with van der Waals surface area (Å²) in [4.78, 5) is 35.2. The van der Waals surface area contributed by atoms with E-state index >= 15 is 0 Å². The lowest BCUT2D eigenvalue weighted by atomic mass is 10.2. The molecule has 1 aromatic carbocycles. The fourth-order valence-electron chi connectivity index (χ4n) is 1.90. The number of ether oxygens (including phenoxy) is 1. The molecule has 2 aromatic rings. The standard InChI is InChI=1S/C14H15N3O4/c1-9(14(20)21-2)16-12(18)8-17-13(19)11-6-4-3-5-10(11)7-15-17/h3-7,9H,8H2,1-2H3,(H,16,18). The number of hydrogen-bond donors (Lipinski definition) is 1. The van der Waals surface area contributed by atoms with E-state index in [9.17, 15) is 14.4 Å². The summed E-state index contributed by atoms with van der Waals surface area (Å²) in [5.74, 6) is -1.04. The predicted octanol–water partition coefficient (Wildman–Crippen LogP) is 0.0742. The van der Waals surface area contributed by atoms with Crippen molar-refractivity contribution in [1.82, 2.24) is 15.1 Å². The van der Waals surface area contributed by atoms with Gasteiger partial charge in [0.1, 0.15) is 12.6 Å². The normalized spacial score (nSPS) is 11.9. The molecule has 1 atom stereocenters. The molecule has 0 aliphatic heterocycles. The molecule has 0 aliphatic carbocycles. The minimum atomic E-state index is -0.779. The zero-order chi connectivity index (χ0) is 15.4. The van der Waals surface area contributed by atoms with Crippen LogP contribution in [0.1, 0.15) is 6.92 Å². The second-order valence-corrected chi connectivity index (χ2v) is 4.51. The van der Waals surface area contributed by atoms with Crippen molar-refractivity contribution in [2.45, 2.75) is 19.5 Å². The van der Waals surface area contributed by atoms with Crippen molar-refractivity contribution in [3.8, 4) is 0 Å². The average molecular weight is 289 g/mol. The molecule has 2 rings (SSSR count). The Bertz CT molecular complexity index is 738. The summed E-state index contributed by atoms with van der Waals surface area (Å²) >= 11 is 0. The molecule has 7 heteroatoms. The van der Waals surface area contributed by atoms with Gasteiger partial charge < -0.3 is 10.1 Å². The molecule has 0 radical (unpaired) electrons. The number of nitrogens with zero attached hydrogens (tertiary/aromatic N) is 2. The summed E-state index contributed by atoms with van der Waals surface area (Å²) in [7, 11) is 1.24. The predicted molar refractivity (Wildman–Crippen MR) is 75.6 cm³/mol. The summed E-state index contributed by atoms with van der Waals surface area (Å²) in [6.45, 7) is 1.24. The van der Waals surface area contributed by atoms with Crippen molar-refractivity contribution < 1.29 is 14.3 Å². The van der Waals surface area contributed by atoms with Crippen LogP contribution in [-0.2, 0) is 20.9 Å². The molecule has 0 aliphatic rings. The molecule has 21 heavy (non-hydrogen) atoms. The molecule has 0 bridgehead atoms. The molecule has 0 fully saturated rings. The molecule has 0 saturated carbocycles. The van der Waals surface area contributed by atoms with Gasteiger partial charge in [-0.3, -0.25) is 9.59 Å². The second kappa shape index (κ2) is 6.17. The first-order valence-electron chi connectivity index (χ1n) is 6.35. The SMILES string of the molecule is COC(=O)C(C)NC(=O)Cn1ncc2ccccc2c1=O. The van der Waals surface area contributed by atoms with Crippen LogP contribution < -0.4 is 10.9 Å². The van der Waals surface area contributed by atoms with Gasteiger partial charge in [0.2, 0.25) is 5.91 Å². The largest absolute Gasteiger partial charge is 0.467 e. The average Bonchev–Trinajstić information content (AvgIpc) is 2.49. The van der Waals surface area contributed by atoms with Gasteiger partial charge in [-0.25, -0.2) is 9.48 Å². The number of rotatable bonds is 4. The van der Waals surface area contributed by atoms with Crippen molar-refractivity contribution >= 4 is 22.6 Å². The van der Waals surface area contributed by atoms with Crippen LogP contribution in [0.3, 0.4) is 0 Å². The molecular weight excluding hydrogens is 274 g/mol. The van der Waals surface area contributed by atoms with Gasteiger partial charge in [-0.15, -0.1) is 0 Å². The van der Waals surface area contributed by atoms with Gasteiger partial charge in [-0.2, -0.15) is 5.10 Å². The van der Waals surface area contributed by atoms with E-state index in [-0.39, 0.29) is 12.1 Å². The summed E-state index contributed by atoms with van der Waals surface area (Å²) < 4.78 is 5.56. The topological polar surface area (TPSA) is 90.3 Å². The number of nitrogens with one attached hydrogen (secondary N) is 1. The van der Waals surface area contributed by atoms with Gasteiger partial charge in [0.25, 0.3) is 5.56 Å². The quantitative estimate of drug-likeness (QED) is 0.805. The van der Waals surface area contributed by atoms with Crippen molar-refractivity contribution in [3.05, 3.63) is 40.8 Å². The number of fused-ring (bicyclic) bond motifs is 1. The zero-order valence-electron chi connectivity index (χ0n) is 11.7. The first-order chi connectivity index (χ1) is 10.0. The van der Waals surface area contributed by atoms with E-state index in [2.05, 4.69) is 15.2 Å². The van der Waals surface area contributed by atoms with E-state index in [1.54, 1.807) is 24.3 Å². The number of amides is 1. The Kier molecular flexibility index (Phi) is 4.32. The first-order valence-corrected chi connectivity index (χ1v) is 6.35. The Labute approximate surface area is 120 Å². The van der Waals surface area contributed by atoms with Crippen LogP contribution in [0.5, 0.6) is 0 Å². The smallest absolute Gasteiger partial charge is 0.328 e. The zero-order valence-corrected chi connectivity index (χ0v) is 11.7. The highest BCUT2D eigenvalue weighted by atomic mass is 16.5. The lowest BCUT2D eigenvalue weighted by molar-refractivity contribution is -0.144. The third kappa shape index (κ3) is 3.25. The molecule has 1 amide bonds. The fraction of sp³-hybridized carbons (Fsp3) is 0.286.